The lowest BCUT2D eigenvalue weighted by Gasteiger charge is -2.26. The van der Waals surface area contributed by atoms with Crippen LogP contribution >= 0.6 is 0 Å². The van der Waals surface area contributed by atoms with E-state index in [2.05, 4.69) is 60.5 Å². The molecule has 1 aromatic carbocycles. The van der Waals surface area contributed by atoms with Crippen molar-refractivity contribution in [3.05, 3.63) is 65.5 Å². The van der Waals surface area contributed by atoms with Crippen molar-refractivity contribution in [1.82, 2.24) is 19.6 Å². The van der Waals surface area contributed by atoms with Crippen LogP contribution in [0.25, 0.3) is 23.0 Å². The van der Waals surface area contributed by atoms with Gasteiger partial charge in [-0.2, -0.15) is 0 Å². The highest BCUT2D eigenvalue weighted by molar-refractivity contribution is 5.92. The Balaban J connectivity index is 1.46. The van der Waals surface area contributed by atoms with Gasteiger partial charge in [0.15, 0.2) is 0 Å². The van der Waals surface area contributed by atoms with Gasteiger partial charge in [0.2, 0.25) is 5.91 Å². The second kappa shape index (κ2) is 9.90. The Morgan fingerprint density at radius 2 is 1.90 bits per heavy atom. The van der Waals surface area contributed by atoms with E-state index in [-0.39, 0.29) is 5.91 Å². The smallest absolute Gasteiger partial charge is 0.244 e. The third-order valence-corrected chi connectivity index (χ3v) is 5.59. The number of pyridine rings is 1. The second-order valence-corrected chi connectivity index (χ2v) is 8.08. The van der Waals surface area contributed by atoms with Crippen molar-refractivity contribution in [2.45, 2.75) is 20.3 Å². The number of aromatic nitrogens is 2. The van der Waals surface area contributed by atoms with Gasteiger partial charge in [0, 0.05) is 37.5 Å². The van der Waals surface area contributed by atoms with Gasteiger partial charge in [-0.05, 0) is 50.6 Å². The number of fused-ring (bicyclic) bond motifs is 1. The average Bonchev–Trinajstić information content (AvgIpc) is 3.14. The molecule has 0 spiro atoms. The summed E-state index contributed by atoms with van der Waals surface area (Å²) in [4.78, 5) is 19.6. The summed E-state index contributed by atoms with van der Waals surface area (Å²) in [6, 6.07) is 12.4. The molecule has 0 atom stereocenters. The molecule has 0 unspecified atom stereocenters. The molecule has 1 amide bonds. The lowest BCUT2D eigenvalue weighted by Crippen LogP contribution is -2.38. The van der Waals surface area contributed by atoms with Crippen molar-refractivity contribution in [1.29, 1.82) is 0 Å². The highest BCUT2D eigenvalue weighted by Crippen LogP contribution is 2.26. The van der Waals surface area contributed by atoms with E-state index in [0.29, 0.717) is 6.54 Å². The summed E-state index contributed by atoms with van der Waals surface area (Å²) in [7, 11) is 0. The normalized spacial score (nSPS) is 15.0. The van der Waals surface area contributed by atoms with Crippen LogP contribution in [0, 0.1) is 13.8 Å². The molecule has 1 N–H and O–H groups in total. The fourth-order valence-electron chi connectivity index (χ4n) is 3.80. The van der Waals surface area contributed by atoms with E-state index in [1.807, 2.05) is 16.7 Å². The van der Waals surface area contributed by atoms with E-state index in [0.717, 1.165) is 67.4 Å². The van der Waals surface area contributed by atoms with Crippen molar-refractivity contribution in [3.8, 4) is 11.3 Å². The van der Waals surface area contributed by atoms with Crippen molar-refractivity contribution >= 4 is 17.6 Å². The van der Waals surface area contributed by atoms with Gasteiger partial charge in [-0.1, -0.05) is 29.8 Å². The average molecular weight is 419 g/mol. The number of carbonyl (C=O) groups excluding carboxylic acids is 1. The summed E-state index contributed by atoms with van der Waals surface area (Å²) in [5.74, 6) is -0.0844. The number of hydrogen-bond acceptors (Lipinski definition) is 4. The lowest BCUT2D eigenvalue weighted by atomic mass is 10.1. The summed E-state index contributed by atoms with van der Waals surface area (Å²) in [6.45, 7) is 9.33. The highest BCUT2D eigenvalue weighted by Gasteiger charge is 2.13. The number of carbonyl (C=O) groups is 1. The first-order valence-electron chi connectivity index (χ1n) is 10.9. The van der Waals surface area contributed by atoms with Crippen LogP contribution in [0.15, 0.2) is 48.7 Å². The molecule has 162 valence electrons. The minimum absolute atomic E-state index is 0.0844. The number of morpholine rings is 1. The number of imidazole rings is 1. The maximum atomic E-state index is 12.4. The molecule has 1 saturated heterocycles. The van der Waals surface area contributed by atoms with Gasteiger partial charge in [-0.3, -0.25) is 14.1 Å². The molecular formula is C25H30N4O2. The van der Waals surface area contributed by atoms with Crippen molar-refractivity contribution in [2.75, 3.05) is 39.4 Å². The molecule has 2 aromatic heterocycles. The second-order valence-electron chi connectivity index (χ2n) is 8.08. The minimum atomic E-state index is -0.0844. The quantitative estimate of drug-likeness (QED) is 0.472. The first-order valence-corrected chi connectivity index (χ1v) is 10.9. The van der Waals surface area contributed by atoms with E-state index in [4.69, 9.17) is 9.72 Å². The minimum Gasteiger partial charge on any atom is -0.379 e. The predicted molar refractivity (Wildman–Crippen MR) is 124 cm³/mol. The van der Waals surface area contributed by atoms with Crippen LogP contribution in [0.4, 0.5) is 0 Å². The van der Waals surface area contributed by atoms with E-state index >= 15 is 0 Å². The van der Waals surface area contributed by atoms with E-state index in [1.54, 1.807) is 6.08 Å². The monoisotopic (exact) mass is 418 g/mol. The lowest BCUT2D eigenvalue weighted by molar-refractivity contribution is -0.116. The van der Waals surface area contributed by atoms with Crippen molar-refractivity contribution in [2.24, 2.45) is 0 Å². The Bertz CT molecular complexity index is 1060. The van der Waals surface area contributed by atoms with Gasteiger partial charge in [-0.15, -0.1) is 0 Å². The van der Waals surface area contributed by atoms with Gasteiger partial charge in [-0.25, -0.2) is 4.98 Å². The third kappa shape index (κ3) is 5.40. The summed E-state index contributed by atoms with van der Waals surface area (Å²) in [6.07, 6.45) is 6.41. The number of nitrogens with one attached hydrogen (secondary N) is 1. The number of ether oxygens (including phenoxy) is 1. The maximum absolute atomic E-state index is 12.4. The first kappa shape index (κ1) is 21.3. The van der Waals surface area contributed by atoms with E-state index in [1.165, 1.54) is 5.56 Å². The molecule has 1 aliphatic heterocycles. The summed E-state index contributed by atoms with van der Waals surface area (Å²) < 4.78 is 7.40. The largest absolute Gasteiger partial charge is 0.379 e. The zero-order valence-corrected chi connectivity index (χ0v) is 18.3. The molecule has 0 bridgehead atoms. The van der Waals surface area contributed by atoms with Gasteiger partial charge in [0.05, 0.1) is 24.6 Å². The summed E-state index contributed by atoms with van der Waals surface area (Å²) in [5, 5.41) is 3.00. The van der Waals surface area contributed by atoms with E-state index < -0.39 is 0 Å². The van der Waals surface area contributed by atoms with Crippen LogP contribution in [-0.4, -0.2) is 59.6 Å². The van der Waals surface area contributed by atoms with Crippen LogP contribution in [0.2, 0.25) is 0 Å². The van der Waals surface area contributed by atoms with Crippen LogP contribution in [0.1, 0.15) is 23.2 Å². The first-order chi connectivity index (χ1) is 15.1. The summed E-state index contributed by atoms with van der Waals surface area (Å²) >= 11 is 0. The molecule has 3 aromatic rings. The topological polar surface area (TPSA) is 58.9 Å². The maximum Gasteiger partial charge on any atom is 0.244 e. The van der Waals surface area contributed by atoms with Crippen LogP contribution in [0.5, 0.6) is 0 Å². The molecule has 0 saturated carbocycles. The predicted octanol–water partition coefficient (Wildman–Crippen LogP) is 3.47. The Morgan fingerprint density at radius 3 is 2.68 bits per heavy atom. The molecule has 0 radical (unpaired) electrons. The molecule has 31 heavy (non-hydrogen) atoms. The number of amides is 1. The molecule has 1 fully saturated rings. The standard InChI is InChI=1S/C25H30N4O2/c1-19-4-6-21(7-5-19)25-22(29-13-10-20(2)18-23(29)27-25)8-9-24(30)26-11-3-12-28-14-16-31-17-15-28/h4-10,13,18H,3,11-12,14-17H2,1-2H3,(H,26,30)/b9-8+. The van der Waals surface area contributed by atoms with Crippen molar-refractivity contribution in [3.63, 3.8) is 0 Å². The van der Waals surface area contributed by atoms with E-state index in [9.17, 15) is 4.79 Å². The SMILES string of the molecule is Cc1ccc(-c2nc3cc(C)ccn3c2/C=C/C(=O)NCCCN2CCOCC2)cc1. The van der Waals surface area contributed by atoms with Crippen LogP contribution in [0.3, 0.4) is 0 Å². The molecular weight excluding hydrogens is 388 g/mol. The van der Waals surface area contributed by atoms with Crippen LogP contribution < -0.4 is 5.32 Å². The Morgan fingerprint density at radius 1 is 1.13 bits per heavy atom. The summed E-state index contributed by atoms with van der Waals surface area (Å²) in [5.41, 5.74) is 6.06. The number of benzene rings is 1. The number of hydrogen-bond donors (Lipinski definition) is 1. The zero-order valence-electron chi connectivity index (χ0n) is 18.3. The highest BCUT2D eigenvalue weighted by atomic mass is 16.5. The Labute approximate surface area is 183 Å². The number of aryl methyl sites for hydroxylation is 2. The molecule has 1 aliphatic rings. The number of rotatable bonds is 7. The Kier molecular flexibility index (Phi) is 6.79. The Hall–Kier alpha value is -2.96. The third-order valence-electron chi connectivity index (χ3n) is 5.59. The molecule has 4 rings (SSSR count). The van der Waals surface area contributed by atoms with Gasteiger partial charge in [0.25, 0.3) is 0 Å². The van der Waals surface area contributed by atoms with Crippen molar-refractivity contribution < 1.29 is 9.53 Å². The molecule has 0 aliphatic carbocycles. The molecule has 3 heterocycles. The van der Waals surface area contributed by atoms with Crippen LogP contribution in [-0.2, 0) is 9.53 Å². The van der Waals surface area contributed by atoms with Gasteiger partial charge in [0.1, 0.15) is 5.65 Å². The number of nitrogens with zero attached hydrogens (tertiary/aromatic N) is 3. The fourth-order valence-corrected chi connectivity index (χ4v) is 3.80. The molecule has 6 nitrogen and oxygen atoms in total. The molecule has 6 heteroatoms. The van der Waals surface area contributed by atoms with Gasteiger partial charge < -0.3 is 10.1 Å². The fraction of sp³-hybridized carbons (Fsp3) is 0.360. The van der Waals surface area contributed by atoms with Gasteiger partial charge >= 0.3 is 0 Å². The zero-order chi connectivity index (χ0) is 21.6.